The van der Waals surface area contributed by atoms with Crippen LogP contribution in [0.15, 0.2) is 12.4 Å². The molecule has 0 atom stereocenters. The van der Waals surface area contributed by atoms with Crippen LogP contribution < -0.4 is 5.73 Å². The molecule has 2 N–H and O–H groups in total. The third-order valence-corrected chi connectivity index (χ3v) is 1.69. The third-order valence-electron chi connectivity index (χ3n) is 1.69. The first kappa shape index (κ1) is 8.93. The molecular weight excluding hydrogens is 154 g/mol. The molecule has 12 heavy (non-hydrogen) atoms. The number of aromatic nitrogens is 2. The van der Waals surface area contributed by atoms with Gasteiger partial charge in [0, 0.05) is 18.8 Å². The van der Waals surface area contributed by atoms with Crippen molar-refractivity contribution in [1.29, 1.82) is 0 Å². The molecule has 0 aromatic carbocycles. The summed E-state index contributed by atoms with van der Waals surface area (Å²) < 4.78 is 1.83. The number of ketones is 1. The molecule has 1 heterocycles. The lowest BCUT2D eigenvalue weighted by Gasteiger charge is -2.03. The van der Waals surface area contributed by atoms with E-state index in [0.717, 1.165) is 12.2 Å². The zero-order valence-corrected chi connectivity index (χ0v) is 7.16. The van der Waals surface area contributed by atoms with Crippen molar-refractivity contribution in [3.8, 4) is 0 Å². The van der Waals surface area contributed by atoms with Gasteiger partial charge in [-0.15, -0.1) is 0 Å². The predicted octanol–water partition coefficient (Wildman–Crippen LogP) is -0.0267. The Morgan fingerprint density at radius 3 is 3.08 bits per heavy atom. The van der Waals surface area contributed by atoms with Crippen molar-refractivity contribution < 1.29 is 4.79 Å². The molecule has 0 unspecified atom stereocenters. The van der Waals surface area contributed by atoms with Crippen LogP contribution in [0.2, 0.25) is 0 Å². The number of Topliss-reactive ketones (excluding diaryl/α,β-unsaturated/α-hetero) is 1. The lowest BCUT2D eigenvalue weighted by molar-refractivity contribution is -0.118. The van der Waals surface area contributed by atoms with Gasteiger partial charge in [-0.3, -0.25) is 4.79 Å². The maximum atomic E-state index is 11.0. The summed E-state index contributed by atoms with van der Waals surface area (Å²) >= 11 is 0. The predicted molar refractivity (Wildman–Crippen MR) is 45.7 cm³/mol. The lowest BCUT2D eigenvalue weighted by Crippen LogP contribution is -2.20. The largest absolute Gasteiger partial charge is 0.327 e. The molecule has 1 aromatic rings. The Morgan fingerprint density at radius 1 is 1.75 bits per heavy atom. The minimum atomic E-state index is 0.0303. The Bertz CT molecular complexity index is 267. The lowest BCUT2D eigenvalue weighted by atomic mass is 10.3. The van der Waals surface area contributed by atoms with E-state index in [1.165, 1.54) is 0 Å². The number of carbonyl (C=O) groups excluding carboxylic acids is 1. The first-order chi connectivity index (χ1) is 5.77. The number of nitrogens with two attached hydrogens (primary N) is 1. The van der Waals surface area contributed by atoms with E-state index >= 15 is 0 Å². The fourth-order valence-corrected chi connectivity index (χ4v) is 1.05. The van der Waals surface area contributed by atoms with E-state index < -0.39 is 0 Å². The number of nitrogens with zero attached hydrogens (tertiary/aromatic N) is 2. The third kappa shape index (κ3) is 1.92. The molecule has 0 amide bonds. The molecule has 0 bridgehead atoms. The Labute approximate surface area is 71.4 Å². The molecule has 0 aliphatic rings. The van der Waals surface area contributed by atoms with Gasteiger partial charge in [0.05, 0.1) is 13.1 Å². The normalized spacial score (nSPS) is 10.2. The second-order valence-electron chi connectivity index (χ2n) is 2.57. The summed E-state index contributed by atoms with van der Waals surface area (Å²) in [6, 6.07) is 0. The van der Waals surface area contributed by atoms with Gasteiger partial charge in [-0.25, -0.2) is 4.98 Å². The van der Waals surface area contributed by atoms with Crippen LogP contribution in [0, 0.1) is 0 Å². The van der Waals surface area contributed by atoms with E-state index in [-0.39, 0.29) is 12.3 Å². The van der Waals surface area contributed by atoms with Crippen molar-refractivity contribution in [1.82, 2.24) is 9.55 Å². The van der Waals surface area contributed by atoms with Gasteiger partial charge < -0.3 is 10.3 Å². The van der Waals surface area contributed by atoms with E-state index in [9.17, 15) is 4.79 Å². The molecule has 0 saturated heterocycles. The summed E-state index contributed by atoms with van der Waals surface area (Å²) in [5.74, 6) is 0.958. The molecule has 0 aliphatic heterocycles. The van der Waals surface area contributed by atoms with Gasteiger partial charge >= 0.3 is 0 Å². The Kier molecular flexibility index (Phi) is 2.99. The quantitative estimate of drug-likeness (QED) is 0.685. The number of rotatable bonds is 4. The maximum Gasteiger partial charge on any atom is 0.166 e. The van der Waals surface area contributed by atoms with Gasteiger partial charge in [0.1, 0.15) is 5.82 Å². The Balaban J connectivity index is 2.68. The maximum absolute atomic E-state index is 11.0. The zero-order chi connectivity index (χ0) is 8.97. The average molecular weight is 167 g/mol. The molecule has 1 rings (SSSR count). The van der Waals surface area contributed by atoms with Crippen LogP contribution in [0.4, 0.5) is 0 Å². The van der Waals surface area contributed by atoms with Crippen LogP contribution in [0.5, 0.6) is 0 Å². The van der Waals surface area contributed by atoms with E-state index in [1.807, 2.05) is 11.5 Å². The fraction of sp³-hybridized carbons (Fsp3) is 0.500. The fourth-order valence-electron chi connectivity index (χ4n) is 1.05. The van der Waals surface area contributed by atoms with E-state index in [1.54, 1.807) is 12.4 Å². The van der Waals surface area contributed by atoms with Gasteiger partial charge in [0.25, 0.3) is 0 Å². The minimum Gasteiger partial charge on any atom is -0.327 e. The van der Waals surface area contributed by atoms with Crippen LogP contribution in [-0.2, 0) is 17.8 Å². The summed E-state index contributed by atoms with van der Waals surface area (Å²) in [5, 5.41) is 0. The summed E-state index contributed by atoms with van der Waals surface area (Å²) in [4.78, 5) is 15.1. The van der Waals surface area contributed by atoms with Gasteiger partial charge in [0.2, 0.25) is 0 Å². The van der Waals surface area contributed by atoms with Crippen molar-refractivity contribution in [2.75, 3.05) is 6.54 Å². The zero-order valence-electron chi connectivity index (χ0n) is 7.16. The van der Waals surface area contributed by atoms with Gasteiger partial charge in [-0.05, 0) is 0 Å². The van der Waals surface area contributed by atoms with Crippen LogP contribution in [0.1, 0.15) is 12.7 Å². The SMILES string of the molecule is CCc1nccn1CC(=O)CN. The standard InChI is InChI=1S/C8H13N3O/c1-2-8-10-3-4-11(8)6-7(12)5-9/h3-4H,2,5-6,9H2,1H3. The highest BCUT2D eigenvalue weighted by Gasteiger charge is 2.03. The molecule has 0 saturated carbocycles. The van der Waals surface area contributed by atoms with Crippen LogP contribution >= 0.6 is 0 Å². The molecular formula is C8H13N3O. The van der Waals surface area contributed by atoms with E-state index in [4.69, 9.17) is 5.73 Å². The summed E-state index contributed by atoms with van der Waals surface area (Å²) in [6.07, 6.45) is 4.33. The number of hydrogen-bond donors (Lipinski definition) is 1. The molecule has 4 nitrogen and oxygen atoms in total. The highest BCUT2D eigenvalue weighted by atomic mass is 16.1. The van der Waals surface area contributed by atoms with Gasteiger partial charge in [-0.1, -0.05) is 6.92 Å². The van der Waals surface area contributed by atoms with Crippen molar-refractivity contribution >= 4 is 5.78 Å². The second-order valence-corrected chi connectivity index (χ2v) is 2.57. The average Bonchev–Trinajstić information content (AvgIpc) is 2.51. The van der Waals surface area contributed by atoms with Gasteiger partial charge in [0.15, 0.2) is 5.78 Å². The number of hydrogen-bond acceptors (Lipinski definition) is 3. The minimum absolute atomic E-state index is 0.0303. The molecule has 1 aromatic heterocycles. The first-order valence-electron chi connectivity index (χ1n) is 3.99. The monoisotopic (exact) mass is 167 g/mol. The number of aryl methyl sites for hydroxylation is 1. The van der Waals surface area contributed by atoms with Crippen molar-refractivity contribution in [2.45, 2.75) is 19.9 Å². The first-order valence-corrected chi connectivity index (χ1v) is 3.99. The van der Waals surface area contributed by atoms with Crippen molar-refractivity contribution in [3.63, 3.8) is 0 Å². The molecule has 0 aliphatic carbocycles. The number of imidazole rings is 1. The highest BCUT2D eigenvalue weighted by Crippen LogP contribution is 1.97. The summed E-state index contributed by atoms with van der Waals surface area (Å²) in [7, 11) is 0. The molecule has 0 spiro atoms. The molecule has 66 valence electrons. The topological polar surface area (TPSA) is 60.9 Å². The second kappa shape index (κ2) is 4.01. The smallest absolute Gasteiger partial charge is 0.166 e. The van der Waals surface area contributed by atoms with Crippen LogP contribution in [-0.4, -0.2) is 21.9 Å². The van der Waals surface area contributed by atoms with Crippen LogP contribution in [0.25, 0.3) is 0 Å². The Morgan fingerprint density at radius 2 is 2.50 bits per heavy atom. The van der Waals surface area contributed by atoms with Gasteiger partial charge in [-0.2, -0.15) is 0 Å². The molecule has 4 heteroatoms. The van der Waals surface area contributed by atoms with Crippen molar-refractivity contribution in [2.24, 2.45) is 5.73 Å². The van der Waals surface area contributed by atoms with Crippen molar-refractivity contribution in [3.05, 3.63) is 18.2 Å². The molecule has 0 fully saturated rings. The van der Waals surface area contributed by atoms with E-state index in [2.05, 4.69) is 4.98 Å². The highest BCUT2D eigenvalue weighted by molar-refractivity contribution is 5.80. The molecule has 0 radical (unpaired) electrons. The summed E-state index contributed by atoms with van der Waals surface area (Å²) in [6.45, 7) is 2.45. The summed E-state index contributed by atoms with van der Waals surface area (Å²) in [5.41, 5.74) is 5.20. The van der Waals surface area contributed by atoms with E-state index in [0.29, 0.717) is 6.54 Å². The Hall–Kier alpha value is -1.16. The van der Waals surface area contributed by atoms with Crippen LogP contribution in [0.3, 0.4) is 0 Å². The number of carbonyl (C=O) groups is 1.